The van der Waals surface area contributed by atoms with E-state index < -0.39 is 0 Å². The number of rotatable bonds is 3. The van der Waals surface area contributed by atoms with Gasteiger partial charge in [0.05, 0.1) is 5.69 Å². The molecule has 0 atom stereocenters. The van der Waals surface area contributed by atoms with Crippen molar-refractivity contribution in [3.05, 3.63) is 59.3 Å². The van der Waals surface area contributed by atoms with Crippen LogP contribution in [-0.4, -0.2) is 19.7 Å². The number of benzene rings is 1. The molecule has 6 heteroatoms. The molecule has 0 saturated heterocycles. The summed E-state index contributed by atoms with van der Waals surface area (Å²) in [5, 5.41) is 7.64. The van der Waals surface area contributed by atoms with Crippen LogP contribution >= 0.6 is 0 Å². The third-order valence-electron chi connectivity index (χ3n) is 3.11. The molecule has 0 fully saturated rings. The van der Waals surface area contributed by atoms with Crippen LogP contribution in [0.4, 0.5) is 15.9 Å². The Bertz CT molecular complexity index is 788. The van der Waals surface area contributed by atoms with Crippen LogP contribution in [0.5, 0.6) is 0 Å². The molecule has 0 unspecified atom stereocenters. The van der Waals surface area contributed by atoms with Gasteiger partial charge < -0.3 is 5.32 Å². The molecule has 0 aliphatic carbocycles. The van der Waals surface area contributed by atoms with Crippen molar-refractivity contribution < 1.29 is 4.39 Å². The summed E-state index contributed by atoms with van der Waals surface area (Å²) in [5.74, 6) is 0.970. The van der Waals surface area contributed by atoms with Crippen molar-refractivity contribution in [2.75, 3.05) is 5.32 Å². The van der Waals surface area contributed by atoms with Crippen molar-refractivity contribution in [2.45, 2.75) is 20.8 Å². The lowest BCUT2D eigenvalue weighted by Crippen LogP contribution is -2.08. The highest BCUT2D eigenvalue weighted by Gasteiger charge is 2.11. The van der Waals surface area contributed by atoms with Crippen LogP contribution in [0.3, 0.4) is 0 Å². The van der Waals surface area contributed by atoms with E-state index in [2.05, 4.69) is 20.4 Å². The predicted octanol–water partition coefficient (Wildman–Crippen LogP) is 3.47. The van der Waals surface area contributed by atoms with Crippen LogP contribution in [0.15, 0.2) is 36.4 Å². The number of nitrogens with zero attached hydrogens (tertiary/aromatic N) is 4. The second kappa shape index (κ2) is 5.55. The van der Waals surface area contributed by atoms with Gasteiger partial charge in [-0.15, -0.1) is 0 Å². The van der Waals surface area contributed by atoms with Crippen LogP contribution in [0.2, 0.25) is 0 Å². The molecule has 0 bridgehead atoms. The van der Waals surface area contributed by atoms with Gasteiger partial charge in [-0.05, 0) is 51.1 Å². The highest BCUT2D eigenvalue weighted by molar-refractivity contribution is 5.58. The van der Waals surface area contributed by atoms with E-state index >= 15 is 0 Å². The van der Waals surface area contributed by atoms with Crippen molar-refractivity contribution in [1.82, 2.24) is 19.7 Å². The molecule has 0 saturated carbocycles. The lowest BCUT2D eigenvalue weighted by atomic mass is 10.3. The average molecular weight is 297 g/mol. The minimum absolute atomic E-state index is 0.270. The minimum atomic E-state index is -0.270. The van der Waals surface area contributed by atoms with Crippen molar-refractivity contribution in [2.24, 2.45) is 0 Å². The second-order valence-electron chi connectivity index (χ2n) is 5.17. The summed E-state index contributed by atoms with van der Waals surface area (Å²) in [5.41, 5.74) is 3.37. The van der Waals surface area contributed by atoms with E-state index in [0.717, 1.165) is 28.6 Å². The van der Waals surface area contributed by atoms with E-state index in [1.807, 2.05) is 32.9 Å². The number of aryl methyl sites for hydroxylation is 3. The number of nitrogens with one attached hydrogen (secondary N) is 1. The molecule has 1 aromatic carbocycles. The normalized spacial score (nSPS) is 10.7. The van der Waals surface area contributed by atoms with Crippen LogP contribution in [0.1, 0.15) is 17.1 Å². The predicted molar refractivity (Wildman–Crippen MR) is 83.0 cm³/mol. The Hall–Kier alpha value is -2.76. The van der Waals surface area contributed by atoms with Gasteiger partial charge in [-0.25, -0.2) is 14.4 Å². The van der Waals surface area contributed by atoms with Gasteiger partial charge in [0.1, 0.15) is 11.6 Å². The fourth-order valence-corrected chi connectivity index (χ4v) is 2.22. The number of hydrogen-bond donors (Lipinski definition) is 1. The Morgan fingerprint density at radius 3 is 2.18 bits per heavy atom. The summed E-state index contributed by atoms with van der Waals surface area (Å²) in [6.07, 6.45) is 0. The van der Waals surface area contributed by atoms with E-state index in [1.54, 1.807) is 16.8 Å². The van der Waals surface area contributed by atoms with Gasteiger partial charge in [0.15, 0.2) is 0 Å². The maximum atomic E-state index is 13.0. The van der Waals surface area contributed by atoms with Crippen molar-refractivity contribution in [3.8, 4) is 5.95 Å². The fraction of sp³-hybridized carbons (Fsp3) is 0.188. The highest BCUT2D eigenvalue weighted by atomic mass is 19.1. The van der Waals surface area contributed by atoms with Crippen molar-refractivity contribution in [1.29, 1.82) is 0 Å². The molecule has 112 valence electrons. The Balaban J connectivity index is 2.00. The SMILES string of the molecule is Cc1cc(C)nc(-n2nc(C)cc2Nc2ccc(F)cc2)n1. The lowest BCUT2D eigenvalue weighted by molar-refractivity contribution is 0.628. The molecule has 3 rings (SSSR count). The van der Waals surface area contributed by atoms with Gasteiger partial charge in [-0.2, -0.15) is 9.78 Å². The molecule has 0 spiro atoms. The van der Waals surface area contributed by atoms with Crippen molar-refractivity contribution in [3.63, 3.8) is 0 Å². The number of hydrogen-bond acceptors (Lipinski definition) is 4. The maximum Gasteiger partial charge on any atom is 0.252 e. The standard InChI is InChI=1S/C16H16FN5/c1-10-8-11(2)19-16(18-10)22-15(9-12(3)21-22)20-14-6-4-13(17)5-7-14/h4-9,20H,1-3H3. The molecule has 1 N–H and O–H groups in total. The Labute approximate surface area is 127 Å². The summed E-state index contributed by atoms with van der Waals surface area (Å²) in [4.78, 5) is 8.85. The van der Waals surface area contributed by atoms with E-state index in [0.29, 0.717) is 5.95 Å². The molecule has 2 aromatic heterocycles. The summed E-state index contributed by atoms with van der Waals surface area (Å²) in [6, 6.07) is 9.96. The number of aromatic nitrogens is 4. The molecule has 0 aliphatic rings. The molecule has 22 heavy (non-hydrogen) atoms. The smallest absolute Gasteiger partial charge is 0.252 e. The van der Waals surface area contributed by atoms with Gasteiger partial charge in [0, 0.05) is 23.1 Å². The number of anilines is 2. The van der Waals surface area contributed by atoms with Gasteiger partial charge in [0.2, 0.25) is 0 Å². The third kappa shape index (κ3) is 2.95. The monoisotopic (exact) mass is 297 g/mol. The quantitative estimate of drug-likeness (QED) is 0.804. The van der Waals surface area contributed by atoms with Crippen LogP contribution in [0.25, 0.3) is 5.95 Å². The van der Waals surface area contributed by atoms with E-state index in [4.69, 9.17) is 0 Å². The Morgan fingerprint density at radius 2 is 1.55 bits per heavy atom. The molecule has 0 aliphatic heterocycles. The summed E-state index contributed by atoms with van der Waals surface area (Å²) in [7, 11) is 0. The third-order valence-corrected chi connectivity index (χ3v) is 3.11. The topological polar surface area (TPSA) is 55.6 Å². The maximum absolute atomic E-state index is 13.0. The first kappa shape index (κ1) is 14.2. The zero-order chi connectivity index (χ0) is 15.7. The van der Waals surface area contributed by atoms with Gasteiger partial charge in [-0.3, -0.25) is 0 Å². The van der Waals surface area contributed by atoms with E-state index in [-0.39, 0.29) is 5.82 Å². The van der Waals surface area contributed by atoms with Crippen molar-refractivity contribution >= 4 is 11.5 Å². The van der Waals surface area contributed by atoms with Crippen LogP contribution in [0, 0.1) is 26.6 Å². The zero-order valence-electron chi connectivity index (χ0n) is 12.6. The first-order valence-corrected chi connectivity index (χ1v) is 6.93. The largest absolute Gasteiger partial charge is 0.340 e. The highest BCUT2D eigenvalue weighted by Crippen LogP contribution is 2.20. The molecular weight excluding hydrogens is 281 g/mol. The van der Waals surface area contributed by atoms with E-state index in [9.17, 15) is 4.39 Å². The summed E-state index contributed by atoms with van der Waals surface area (Å²) >= 11 is 0. The molecule has 0 amide bonds. The van der Waals surface area contributed by atoms with Gasteiger partial charge in [-0.1, -0.05) is 0 Å². The molecule has 3 aromatic rings. The number of halogens is 1. The van der Waals surface area contributed by atoms with Crippen LogP contribution in [-0.2, 0) is 0 Å². The Kier molecular flexibility index (Phi) is 3.58. The second-order valence-corrected chi connectivity index (χ2v) is 5.17. The summed E-state index contributed by atoms with van der Waals surface area (Å²) in [6.45, 7) is 5.73. The molecule has 5 nitrogen and oxygen atoms in total. The van der Waals surface area contributed by atoms with Crippen LogP contribution < -0.4 is 5.32 Å². The van der Waals surface area contributed by atoms with E-state index in [1.165, 1.54) is 12.1 Å². The summed E-state index contributed by atoms with van der Waals surface area (Å²) < 4.78 is 14.6. The molecule has 0 radical (unpaired) electrons. The first-order chi connectivity index (χ1) is 10.5. The molecular formula is C16H16FN5. The fourth-order valence-electron chi connectivity index (χ4n) is 2.22. The van der Waals surface area contributed by atoms with Gasteiger partial charge in [0.25, 0.3) is 5.95 Å². The first-order valence-electron chi connectivity index (χ1n) is 6.93. The minimum Gasteiger partial charge on any atom is -0.340 e. The molecule has 2 heterocycles. The van der Waals surface area contributed by atoms with Gasteiger partial charge >= 0.3 is 0 Å². The lowest BCUT2D eigenvalue weighted by Gasteiger charge is -2.09. The zero-order valence-corrected chi connectivity index (χ0v) is 12.6. The average Bonchev–Trinajstić information content (AvgIpc) is 2.81. The Morgan fingerprint density at radius 1 is 0.909 bits per heavy atom.